The Balaban J connectivity index is 0.00000225. The maximum atomic E-state index is 12.8. The first-order valence-corrected chi connectivity index (χ1v) is 9.75. The van der Waals surface area contributed by atoms with Crippen molar-refractivity contribution >= 4 is 35.0 Å². The van der Waals surface area contributed by atoms with Crippen molar-refractivity contribution in [2.24, 2.45) is 0 Å². The highest BCUT2D eigenvalue weighted by atomic mass is 35.5. The van der Waals surface area contributed by atoms with Crippen LogP contribution in [0.3, 0.4) is 0 Å². The molecule has 0 aliphatic carbocycles. The van der Waals surface area contributed by atoms with Gasteiger partial charge in [-0.1, -0.05) is 30.2 Å². The summed E-state index contributed by atoms with van der Waals surface area (Å²) in [7, 11) is 0. The second kappa shape index (κ2) is 9.46. The molecule has 0 atom stereocenters. The quantitative estimate of drug-likeness (QED) is 0.554. The van der Waals surface area contributed by atoms with Crippen LogP contribution in [-0.4, -0.2) is 31.1 Å². The van der Waals surface area contributed by atoms with Crippen LogP contribution in [0.25, 0.3) is 22.1 Å². The van der Waals surface area contributed by atoms with Crippen LogP contribution >= 0.6 is 24.0 Å². The molecule has 6 heteroatoms. The summed E-state index contributed by atoms with van der Waals surface area (Å²) in [4.78, 5) is 15.2. The zero-order valence-electron chi connectivity index (χ0n) is 15.5. The minimum Gasteiger partial charge on any atom is -0.492 e. The summed E-state index contributed by atoms with van der Waals surface area (Å²) < 4.78 is 11.6. The highest BCUT2D eigenvalue weighted by molar-refractivity contribution is 6.30. The fraction of sp³-hybridized carbons (Fsp3) is 0.318. The van der Waals surface area contributed by atoms with E-state index in [4.69, 9.17) is 20.8 Å². The van der Waals surface area contributed by atoms with Crippen molar-refractivity contribution in [3.05, 3.63) is 64.0 Å². The Labute approximate surface area is 175 Å². The minimum atomic E-state index is -0.0570. The largest absolute Gasteiger partial charge is 0.492 e. The summed E-state index contributed by atoms with van der Waals surface area (Å²) in [5, 5.41) is 1.18. The SMILES string of the molecule is Cl.O=c1c(-c2ccc(Cl)cc2)coc2cc(OCCN3CCCCC3)ccc12. The van der Waals surface area contributed by atoms with Crippen LogP contribution in [0.1, 0.15) is 19.3 Å². The van der Waals surface area contributed by atoms with Gasteiger partial charge in [-0.25, -0.2) is 0 Å². The number of halogens is 2. The molecule has 1 fully saturated rings. The molecule has 28 heavy (non-hydrogen) atoms. The van der Waals surface area contributed by atoms with Crippen molar-refractivity contribution in [2.75, 3.05) is 26.2 Å². The first kappa shape index (κ1) is 20.7. The van der Waals surface area contributed by atoms with E-state index in [0.717, 1.165) is 30.9 Å². The van der Waals surface area contributed by atoms with E-state index in [-0.39, 0.29) is 17.8 Å². The molecule has 0 N–H and O–H groups in total. The Kier molecular flexibility index (Phi) is 7.00. The van der Waals surface area contributed by atoms with Gasteiger partial charge < -0.3 is 9.15 Å². The summed E-state index contributed by atoms with van der Waals surface area (Å²) in [6.45, 7) is 3.88. The Morgan fingerprint density at radius 2 is 1.79 bits per heavy atom. The van der Waals surface area contributed by atoms with Crippen LogP contribution in [0.4, 0.5) is 0 Å². The zero-order valence-corrected chi connectivity index (χ0v) is 17.1. The Morgan fingerprint density at radius 3 is 2.54 bits per heavy atom. The summed E-state index contributed by atoms with van der Waals surface area (Å²) in [5.41, 5.74) is 1.79. The number of benzene rings is 2. The Morgan fingerprint density at radius 1 is 1.04 bits per heavy atom. The van der Waals surface area contributed by atoms with E-state index < -0.39 is 0 Å². The molecule has 148 valence electrons. The third-order valence-electron chi connectivity index (χ3n) is 5.03. The van der Waals surface area contributed by atoms with Gasteiger partial charge in [0, 0.05) is 17.6 Å². The summed E-state index contributed by atoms with van der Waals surface area (Å²) in [5.74, 6) is 0.724. The van der Waals surface area contributed by atoms with E-state index in [2.05, 4.69) is 4.90 Å². The van der Waals surface area contributed by atoms with Crippen molar-refractivity contribution in [3.8, 4) is 16.9 Å². The molecule has 0 radical (unpaired) electrons. The van der Waals surface area contributed by atoms with Gasteiger partial charge in [-0.3, -0.25) is 9.69 Å². The van der Waals surface area contributed by atoms with Crippen LogP contribution in [-0.2, 0) is 0 Å². The van der Waals surface area contributed by atoms with Gasteiger partial charge in [0.1, 0.15) is 24.2 Å². The molecule has 0 bridgehead atoms. The van der Waals surface area contributed by atoms with Crippen molar-refractivity contribution in [3.63, 3.8) is 0 Å². The molecule has 1 aliphatic rings. The molecule has 2 aromatic carbocycles. The molecule has 0 amide bonds. The predicted molar refractivity (Wildman–Crippen MR) is 116 cm³/mol. The summed E-state index contributed by atoms with van der Waals surface area (Å²) in [6, 6.07) is 12.6. The van der Waals surface area contributed by atoms with Crippen LogP contribution < -0.4 is 10.2 Å². The van der Waals surface area contributed by atoms with Gasteiger partial charge >= 0.3 is 0 Å². The van der Waals surface area contributed by atoms with Gasteiger partial charge in [0.25, 0.3) is 0 Å². The lowest BCUT2D eigenvalue weighted by molar-refractivity contribution is 0.183. The van der Waals surface area contributed by atoms with E-state index in [1.165, 1.54) is 25.5 Å². The first-order valence-electron chi connectivity index (χ1n) is 9.37. The van der Waals surface area contributed by atoms with Crippen LogP contribution in [0.2, 0.25) is 5.02 Å². The van der Waals surface area contributed by atoms with Gasteiger partial charge in [0.2, 0.25) is 0 Å². The topological polar surface area (TPSA) is 42.7 Å². The van der Waals surface area contributed by atoms with Crippen molar-refractivity contribution in [2.45, 2.75) is 19.3 Å². The Hall–Kier alpha value is -2.01. The lowest BCUT2D eigenvalue weighted by atomic mass is 10.1. The maximum Gasteiger partial charge on any atom is 0.200 e. The lowest BCUT2D eigenvalue weighted by Gasteiger charge is -2.26. The number of hydrogen-bond acceptors (Lipinski definition) is 4. The fourth-order valence-electron chi connectivity index (χ4n) is 3.50. The van der Waals surface area contributed by atoms with Gasteiger partial charge in [0.15, 0.2) is 5.43 Å². The second-order valence-corrected chi connectivity index (χ2v) is 7.33. The number of fused-ring (bicyclic) bond motifs is 1. The molecule has 4 rings (SSSR count). The highest BCUT2D eigenvalue weighted by Gasteiger charge is 2.12. The van der Waals surface area contributed by atoms with E-state index in [1.54, 1.807) is 24.3 Å². The molecule has 4 nitrogen and oxygen atoms in total. The number of rotatable bonds is 5. The van der Waals surface area contributed by atoms with Crippen LogP contribution in [0.5, 0.6) is 5.75 Å². The molecule has 0 unspecified atom stereocenters. The smallest absolute Gasteiger partial charge is 0.200 e. The summed E-state index contributed by atoms with van der Waals surface area (Å²) in [6.07, 6.45) is 5.39. The number of piperidine rings is 1. The van der Waals surface area contributed by atoms with Crippen molar-refractivity contribution in [1.82, 2.24) is 4.90 Å². The normalized spacial score (nSPS) is 14.6. The van der Waals surface area contributed by atoms with E-state index in [9.17, 15) is 4.79 Å². The van der Waals surface area contributed by atoms with Gasteiger partial charge in [-0.05, 0) is 55.8 Å². The molecular formula is C22H23Cl2NO3. The molecule has 2 heterocycles. The number of ether oxygens (including phenoxy) is 1. The Bertz CT molecular complexity index is 979. The van der Waals surface area contributed by atoms with Gasteiger partial charge in [-0.2, -0.15) is 0 Å². The van der Waals surface area contributed by atoms with Crippen LogP contribution in [0.15, 0.2) is 57.9 Å². The lowest BCUT2D eigenvalue weighted by Crippen LogP contribution is -2.33. The monoisotopic (exact) mass is 419 g/mol. The molecule has 0 spiro atoms. The van der Waals surface area contributed by atoms with Crippen molar-refractivity contribution in [1.29, 1.82) is 0 Å². The average Bonchev–Trinajstić information content (AvgIpc) is 2.70. The molecule has 3 aromatic rings. The van der Waals surface area contributed by atoms with E-state index in [0.29, 0.717) is 28.2 Å². The number of nitrogens with zero attached hydrogens (tertiary/aromatic N) is 1. The standard InChI is InChI=1S/C22H22ClNO3.ClH/c23-17-6-4-16(5-7-17)20-15-27-21-14-18(8-9-19(21)22(20)25)26-13-12-24-10-2-1-3-11-24;/h4-9,14-15H,1-3,10-13H2;1H. The minimum absolute atomic E-state index is 0. The van der Waals surface area contributed by atoms with Gasteiger partial charge in [-0.15, -0.1) is 12.4 Å². The van der Waals surface area contributed by atoms with Crippen molar-refractivity contribution < 1.29 is 9.15 Å². The highest BCUT2D eigenvalue weighted by Crippen LogP contribution is 2.24. The van der Waals surface area contributed by atoms with E-state index in [1.807, 2.05) is 18.2 Å². The van der Waals surface area contributed by atoms with Gasteiger partial charge in [0.05, 0.1) is 10.9 Å². The second-order valence-electron chi connectivity index (χ2n) is 6.89. The first-order chi connectivity index (χ1) is 13.2. The summed E-state index contributed by atoms with van der Waals surface area (Å²) >= 11 is 5.92. The number of hydrogen-bond donors (Lipinski definition) is 0. The molecule has 1 aromatic heterocycles. The molecule has 0 saturated carbocycles. The third-order valence-corrected chi connectivity index (χ3v) is 5.28. The predicted octanol–water partition coefficient (Wildman–Crippen LogP) is 5.40. The molecule has 1 saturated heterocycles. The fourth-order valence-corrected chi connectivity index (χ4v) is 3.63. The average molecular weight is 420 g/mol. The van der Waals surface area contributed by atoms with E-state index >= 15 is 0 Å². The maximum absolute atomic E-state index is 12.8. The zero-order chi connectivity index (χ0) is 18.6. The molecule has 1 aliphatic heterocycles. The number of likely N-dealkylation sites (tertiary alicyclic amines) is 1. The van der Waals surface area contributed by atoms with Crippen LogP contribution in [0, 0.1) is 0 Å². The third kappa shape index (κ3) is 4.69. The molecular weight excluding hydrogens is 397 g/mol.